The molecule has 2 aliphatic heterocycles. The van der Waals surface area contributed by atoms with Gasteiger partial charge >= 0.3 is 0 Å². The fourth-order valence-corrected chi connectivity index (χ4v) is 3.65. The van der Waals surface area contributed by atoms with E-state index in [1.165, 1.54) is 0 Å². The number of hydrogen-bond donors (Lipinski definition) is 3. The van der Waals surface area contributed by atoms with Gasteiger partial charge in [0.25, 0.3) is 17.7 Å². The fraction of sp³-hybridized carbons (Fsp3) is 0.174. The molecule has 30 heavy (non-hydrogen) atoms. The van der Waals surface area contributed by atoms with E-state index in [4.69, 9.17) is 11.6 Å². The highest BCUT2D eigenvalue weighted by Crippen LogP contribution is 2.37. The summed E-state index contributed by atoms with van der Waals surface area (Å²) in [5.41, 5.74) is 3.21. The summed E-state index contributed by atoms with van der Waals surface area (Å²) in [7, 11) is 0. The van der Waals surface area contributed by atoms with Crippen molar-refractivity contribution in [3.63, 3.8) is 0 Å². The molecule has 2 aliphatic rings. The van der Waals surface area contributed by atoms with Crippen molar-refractivity contribution in [3.8, 4) is 0 Å². The van der Waals surface area contributed by atoms with Gasteiger partial charge in [-0.1, -0.05) is 49.2 Å². The normalized spacial score (nSPS) is 15.3. The average Bonchev–Trinajstić information content (AvgIpc) is 3.27. The van der Waals surface area contributed by atoms with Crippen LogP contribution in [0, 0.1) is 0 Å². The Labute approximate surface area is 179 Å². The maximum absolute atomic E-state index is 12.7. The van der Waals surface area contributed by atoms with Crippen molar-refractivity contribution in [3.05, 3.63) is 81.4 Å². The van der Waals surface area contributed by atoms with Crippen LogP contribution in [0.25, 0.3) is 11.4 Å². The number of carbonyl (C=O) groups is 3. The number of benzene rings is 2. The van der Waals surface area contributed by atoms with Crippen molar-refractivity contribution < 1.29 is 14.4 Å². The third-order valence-corrected chi connectivity index (χ3v) is 5.30. The molecule has 0 bridgehead atoms. The third kappa shape index (κ3) is 3.62. The Morgan fingerprint density at radius 2 is 1.57 bits per heavy atom. The molecule has 0 spiro atoms. The summed E-state index contributed by atoms with van der Waals surface area (Å²) in [4.78, 5) is 37.8. The lowest BCUT2D eigenvalue weighted by Gasteiger charge is -2.09. The van der Waals surface area contributed by atoms with E-state index in [1.807, 2.05) is 0 Å². The first-order valence-electron chi connectivity index (χ1n) is 9.75. The molecule has 0 aromatic heterocycles. The van der Waals surface area contributed by atoms with E-state index in [1.54, 1.807) is 48.5 Å². The van der Waals surface area contributed by atoms with Crippen molar-refractivity contribution in [1.82, 2.24) is 16.0 Å². The van der Waals surface area contributed by atoms with Crippen LogP contribution in [0.3, 0.4) is 0 Å². The molecule has 152 valence electrons. The van der Waals surface area contributed by atoms with E-state index < -0.39 is 0 Å². The summed E-state index contributed by atoms with van der Waals surface area (Å²) in [6.07, 6.45) is 1.89. The van der Waals surface area contributed by atoms with E-state index in [0.29, 0.717) is 45.2 Å². The van der Waals surface area contributed by atoms with Crippen molar-refractivity contribution in [2.24, 2.45) is 0 Å². The largest absolute Gasteiger partial charge is 0.352 e. The van der Waals surface area contributed by atoms with Gasteiger partial charge in [0.15, 0.2) is 0 Å². The van der Waals surface area contributed by atoms with E-state index in [2.05, 4.69) is 22.9 Å². The summed E-state index contributed by atoms with van der Waals surface area (Å²) >= 11 is 5.95. The molecular formula is C23H20ClN3O3. The number of hydrogen-bond acceptors (Lipinski definition) is 3. The standard InChI is InChI=1S/C23H20ClN3O3/c1-2-3-11-25-21(28)15-6-4-5-14(12-15)20-18-17(22(29)27-20)19(26-23(18)30)13-7-9-16(24)10-8-13/h4-10,12H,2-3,11H2,1H3,(H,25,28)(H,26,30)(H,27,29). The summed E-state index contributed by atoms with van der Waals surface area (Å²) in [6, 6.07) is 13.8. The smallest absolute Gasteiger partial charge is 0.258 e. The predicted molar refractivity (Wildman–Crippen MR) is 115 cm³/mol. The molecule has 0 atom stereocenters. The molecule has 3 N–H and O–H groups in total. The second-order valence-corrected chi connectivity index (χ2v) is 7.54. The van der Waals surface area contributed by atoms with Gasteiger partial charge in [-0.05, 0) is 41.8 Å². The summed E-state index contributed by atoms with van der Waals surface area (Å²) in [5.74, 6) is -0.907. The van der Waals surface area contributed by atoms with Crippen molar-refractivity contribution in [1.29, 1.82) is 0 Å². The molecule has 7 heteroatoms. The average molecular weight is 422 g/mol. The molecule has 0 radical (unpaired) electrons. The second kappa shape index (κ2) is 8.16. The molecule has 0 saturated carbocycles. The minimum absolute atomic E-state index is 0.186. The number of rotatable bonds is 6. The summed E-state index contributed by atoms with van der Waals surface area (Å²) in [5, 5.41) is 9.03. The lowest BCUT2D eigenvalue weighted by molar-refractivity contribution is -0.117. The van der Waals surface area contributed by atoms with Gasteiger partial charge in [-0.15, -0.1) is 0 Å². The first-order valence-corrected chi connectivity index (χ1v) is 10.1. The second-order valence-electron chi connectivity index (χ2n) is 7.11. The van der Waals surface area contributed by atoms with Gasteiger partial charge in [0.05, 0.1) is 22.5 Å². The van der Waals surface area contributed by atoms with Crippen LogP contribution in [-0.2, 0) is 9.59 Å². The van der Waals surface area contributed by atoms with Crippen LogP contribution in [0.1, 0.15) is 41.3 Å². The number of halogens is 1. The van der Waals surface area contributed by atoms with Gasteiger partial charge in [-0.2, -0.15) is 0 Å². The predicted octanol–water partition coefficient (Wildman–Crippen LogP) is 3.25. The summed E-state index contributed by atoms with van der Waals surface area (Å²) < 4.78 is 0. The van der Waals surface area contributed by atoms with E-state index in [-0.39, 0.29) is 23.3 Å². The van der Waals surface area contributed by atoms with Crippen LogP contribution in [0.2, 0.25) is 5.02 Å². The molecule has 2 aromatic carbocycles. The zero-order chi connectivity index (χ0) is 21.3. The first kappa shape index (κ1) is 19.9. The molecule has 2 aromatic rings. The number of unbranched alkanes of at least 4 members (excludes halogenated alkanes) is 1. The van der Waals surface area contributed by atoms with Gasteiger partial charge in [-0.3, -0.25) is 14.4 Å². The van der Waals surface area contributed by atoms with E-state index in [0.717, 1.165) is 12.8 Å². The van der Waals surface area contributed by atoms with Gasteiger partial charge in [0, 0.05) is 17.1 Å². The molecule has 0 unspecified atom stereocenters. The van der Waals surface area contributed by atoms with Crippen molar-refractivity contribution in [2.75, 3.05) is 6.54 Å². The summed E-state index contributed by atoms with van der Waals surface area (Å²) in [6.45, 7) is 2.66. The van der Waals surface area contributed by atoms with Crippen LogP contribution >= 0.6 is 11.6 Å². The number of fused-ring (bicyclic) bond motifs is 1. The lowest BCUT2D eigenvalue weighted by atomic mass is 10.0. The van der Waals surface area contributed by atoms with Crippen LogP contribution in [0.15, 0.2) is 59.7 Å². The van der Waals surface area contributed by atoms with Gasteiger partial charge < -0.3 is 16.0 Å². The maximum atomic E-state index is 12.7. The van der Waals surface area contributed by atoms with E-state index in [9.17, 15) is 14.4 Å². The lowest BCUT2D eigenvalue weighted by Crippen LogP contribution is -2.24. The molecule has 2 heterocycles. The van der Waals surface area contributed by atoms with E-state index >= 15 is 0 Å². The first-order chi connectivity index (χ1) is 14.5. The Kier molecular flexibility index (Phi) is 5.42. The molecular weight excluding hydrogens is 402 g/mol. The van der Waals surface area contributed by atoms with Gasteiger partial charge in [0.2, 0.25) is 0 Å². The van der Waals surface area contributed by atoms with Gasteiger partial charge in [-0.25, -0.2) is 0 Å². The number of carbonyl (C=O) groups excluding carboxylic acids is 3. The Morgan fingerprint density at radius 3 is 2.20 bits per heavy atom. The number of amides is 3. The highest BCUT2D eigenvalue weighted by atomic mass is 35.5. The highest BCUT2D eigenvalue weighted by molar-refractivity contribution is 6.31. The zero-order valence-electron chi connectivity index (χ0n) is 16.3. The fourth-order valence-electron chi connectivity index (χ4n) is 3.53. The number of nitrogens with one attached hydrogen (secondary N) is 3. The minimum atomic E-state index is -0.360. The van der Waals surface area contributed by atoms with Crippen molar-refractivity contribution >= 4 is 40.7 Å². The van der Waals surface area contributed by atoms with Crippen LogP contribution < -0.4 is 16.0 Å². The molecule has 0 saturated heterocycles. The molecule has 0 fully saturated rings. The Balaban J connectivity index is 1.72. The Hall–Kier alpha value is -3.38. The SMILES string of the molecule is CCCCNC(=O)c1cccc(C2=C3C(=O)NC(c4ccc(Cl)cc4)=C3C(=O)N2)c1. The minimum Gasteiger partial charge on any atom is -0.352 e. The monoisotopic (exact) mass is 421 g/mol. The maximum Gasteiger partial charge on any atom is 0.258 e. The third-order valence-electron chi connectivity index (χ3n) is 5.04. The molecule has 4 rings (SSSR count). The van der Waals surface area contributed by atoms with Gasteiger partial charge in [0.1, 0.15) is 0 Å². The molecule has 3 amide bonds. The van der Waals surface area contributed by atoms with Crippen LogP contribution in [0.5, 0.6) is 0 Å². The highest BCUT2D eigenvalue weighted by Gasteiger charge is 2.40. The zero-order valence-corrected chi connectivity index (χ0v) is 17.1. The Morgan fingerprint density at radius 1 is 0.933 bits per heavy atom. The quantitative estimate of drug-likeness (QED) is 0.626. The van der Waals surface area contributed by atoms with Crippen LogP contribution in [0.4, 0.5) is 0 Å². The van der Waals surface area contributed by atoms with Crippen LogP contribution in [-0.4, -0.2) is 24.3 Å². The molecule has 6 nitrogen and oxygen atoms in total. The Bertz CT molecular complexity index is 1120. The van der Waals surface area contributed by atoms with Crippen molar-refractivity contribution in [2.45, 2.75) is 19.8 Å². The molecule has 0 aliphatic carbocycles. The topological polar surface area (TPSA) is 87.3 Å².